The summed E-state index contributed by atoms with van der Waals surface area (Å²) in [4.78, 5) is 36.7. The molecule has 182 valence electrons. The lowest BCUT2D eigenvalue weighted by molar-refractivity contribution is -0.139. The van der Waals surface area contributed by atoms with Gasteiger partial charge in [-0.05, 0) is 43.0 Å². The number of amidine groups is 1. The molecule has 2 N–H and O–H groups in total. The van der Waals surface area contributed by atoms with E-state index in [0.717, 1.165) is 11.1 Å². The van der Waals surface area contributed by atoms with E-state index in [1.807, 2.05) is 5.38 Å². The van der Waals surface area contributed by atoms with Crippen LogP contribution in [0, 0.1) is 12.7 Å². The number of nitrogens with zero attached hydrogens (tertiary/aromatic N) is 3. The Labute approximate surface area is 206 Å². The van der Waals surface area contributed by atoms with Crippen molar-refractivity contribution in [2.24, 2.45) is 4.99 Å². The van der Waals surface area contributed by atoms with Gasteiger partial charge in [-0.2, -0.15) is 0 Å². The van der Waals surface area contributed by atoms with Crippen molar-refractivity contribution >= 4 is 29.0 Å². The molecule has 3 aliphatic rings. The number of rotatable bonds is 6. The van der Waals surface area contributed by atoms with Crippen LogP contribution in [0.3, 0.4) is 0 Å². The van der Waals surface area contributed by atoms with Crippen LogP contribution in [0.4, 0.5) is 4.39 Å². The number of halogens is 1. The smallest absolute Gasteiger partial charge is 0.338 e. The van der Waals surface area contributed by atoms with E-state index >= 15 is 0 Å². The van der Waals surface area contributed by atoms with Gasteiger partial charge in [0.25, 0.3) is 0 Å². The first-order valence-electron chi connectivity index (χ1n) is 11.6. The third-order valence-corrected chi connectivity index (χ3v) is 7.28. The van der Waals surface area contributed by atoms with Crippen molar-refractivity contribution in [3.8, 4) is 0 Å². The van der Waals surface area contributed by atoms with Gasteiger partial charge in [-0.25, -0.2) is 14.2 Å². The zero-order valence-electron chi connectivity index (χ0n) is 19.6. The van der Waals surface area contributed by atoms with Crippen LogP contribution < -0.4 is 10.6 Å². The van der Waals surface area contributed by atoms with Crippen molar-refractivity contribution in [1.82, 2.24) is 20.5 Å². The molecule has 0 radical (unpaired) electrons. The number of ether oxygens (including phenoxy) is 1. The molecular weight excluding hydrogens is 469 g/mol. The van der Waals surface area contributed by atoms with Crippen molar-refractivity contribution in [2.75, 3.05) is 32.8 Å². The fourth-order valence-corrected chi connectivity index (χ4v) is 5.33. The summed E-state index contributed by atoms with van der Waals surface area (Å²) in [7, 11) is 0. The maximum Gasteiger partial charge on any atom is 0.338 e. The first kappa shape index (κ1) is 23.4. The van der Waals surface area contributed by atoms with Crippen LogP contribution in [-0.4, -0.2) is 60.4 Å². The molecule has 0 spiro atoms. The Morgan fingerprint density at radius 2 is 2.23 bits per heavy atom. The van der Waals surface area contributed by atoms with Gasteiger partial charge in [0.05, 0.1) is 12.2 Å². The number of amides is 1. The van der Waals surface area contributed by atoms with Gasteiger partial charge in [-0.1, -0.05) is 12.1 Å². The van der Waals surface area contributed by atoms with E-state index in [4.69, 9.17) is 9.73 Å². The number of aromatic nitrogens is 1. The van der Waals surface area contributed by atoms with Gasteiger partial charge in [0, 0.05) is 49.0 Å². The molecule has 2 aromatic rings. The van der Waals surface area contributed by atoms with Crippen LogP contribution in [0.15, 0.2) is 57.2 Å². The van der Waals surface area contributed by atoms with Gasteiger partial charge in [0.15, 0.2) is 10.8 Å². The molecule has 1 aromatic heterocycles. The molecule has 8 nitrogen and oxygen atoms in total. The molecular formula is C25H26FN5O3S. The topological polar surface area (TPSA) is 95.9 Å². The lowest BCUT2D eigenvalue weighted by Crippen LogP contribution is -2.41. The maximum atomic E-state index is 14.6. The van der Waals surface area contributed by atoms with Gasteiger partial charge < -0.3 is 15.4 Å². The summed E-state index contributed by atoms with van der Waals surface area (Å²) in [6.07, 6.45) is 2.35. The normalized spacial score (nSPS) is 20.4. The fraction of sp³-hybridized carbons (Fsp3) is 0.360. The number of carbonyl (C=O) groups is 2. The van der Waals surface area contributed by atoms with E-state index < -0.39 is 12.0 Å². The Hall–Kier alpha value is -3.37. The zero-order chi connectivity index (χ0) is 24.5. The van der Waals surface area contributed by atoms with E-state index in [-0.39, 0.29) is 18.3 Å². The predicted octanol–water partition coefficient (Wildman–Crippen LogP) is 2.63. The molecule has 35 heavy (non-hydrogen) atoms. The van der Waals surface area contributed by atoms with Crippen molar-refractivity contribution in [1.29, 1.82) is 0 Å². The van der Waals surface area contributed by atoms with Gasteiger partial charge in [-0.15, -0.1) is 11.3 Å². The highest BCUT2D eigenvalue weighted by Crippen LogP contribution is 2.35. The standard InChI is InChI=1S/C25H26FN5O3S/c1-3-34-25(33)20-19(13-31-9-7-17-15(12-31)11-28-23(17)32)29-22(24-27-8-10-35-24)30-21(20)16-5-4-6-18(26)14(16)2/h4-6,8,10,21H,3,7,9,11-13H2,1-2H3,(H,28,32)(H,29,30). The molecule has 1 aromatic carbocycles. The number of carbonyl (C=O) groups excluding carboxylic acids is 2. The Bertz CT molecular complexity index is 1270. The molecule has 0 saturated heterocycles. The number of esters is 1. The Balaban J connectivity index is 1.57. The highest BCUT2D eigenvalue weighted by Gasteiger charge is 2.36. The van der Waals surface area contributed by atoms with Gasteiger partial charge >= 0.3 is 5.97 Å². The van der Waals surface area contributed by atoms with Crippen LogP contribution in [0.5, 0.6) is 0 Å². The number of aliphatic imine (C=N–C) groups is 1. The molecule has 0 aliphatic carbocycles. The molecule has 10 heteroatoms. The first-order chi connectivity index (χ1) is 17.0. The molecule has 0 saturated carbocycles. The lowest BCUT2D eigenvalue weighted by atomic mass is 9.92. The molecule has 0 fully saturated rings. The second-order valence-electron chi connectivity index (χ2n) is 8.63. The minimum Gasteiger partial charge on any atom is -0.463 e. The van der Waals surface area contributed by atoms with Crippen LogP contribution >= 0.6 is 11.3 Å². The number of hydrogen-bond acceptors (Lipinski definition) is 8. The quantitative estimate of drug-likeness (QED) is 0.599. The van der Waals surface area contributed by atoms with Crippen molar-refractivity contribution in [3.05, 3.63) is 74.1 Å². The van der Waals surface area contributed by atoms with E-state index in [1.54, 1.807) is 32.2 Å². The van der Waals surface area contributed by atoms with Crippen LogP contribution in [0.2, 0.25) is 0 Å². The van der Waals surface area contributed by atoms with Gasteiger partial charge in [0.2, 0.25) is 5.91 Å². The Morgan fingerprint density at radius 3 is 3.00 bits per heavy atom. The maximum absolute atomic E-state index is 14.6. The third kappa shape index (κ3) is 4.51. The largest absolute Gasteiger partial charge is 0.463 e. The van der Waals surface area contributed by atoms with E-state index in [2.05, 4.69) is 20.5 Å². The van der Waals surface area contributed by atoms with E-state index in [9.17, 15) is 14.0 Å². The molecule has 1 atom stereocenters. The molecule has 1 amide bonds. The Kier molecular flexibility index (Phi) is 6.48. The van der Waals surface area contributed by atoms with Crippen LogP contribution in [0.25, 0.3) is 0 Å². The third-order valence-electron chi connectivity index (χ3n) is 6.50. The van der Waals surface area contributed by atoms with Crippen molar-refractivity contribution in [2.45, 2.75) is 26.3 Å². The summed E-state index contributed by atoms with van der Waals surface area (Å²) in [5, 5.41) is 8.77. The average Bonchev–Trinajstić information content (AvgIpc) is 3.51. The lowest BCUT2D eigenvalue weighted by Gasteiger charge is -2.32. The first-order valence-corrected chi connectivity index (χ1v) is 12.5. The molecule has 1 unspecified atom stereocenters. The van der Waals surface area contributed by atoms with Crippen LogP contribution in [0.1, 0.15) is 35.5 Å². The molecule has 4 heterocycles. The second kappa shape index (κ2) is 9.71. The SMILES string of the molecule is CCOC(=O)C1=C(CN2CCC3=C(CNC3=O)C2)NC(c2nccs2)=NC1c1cccc(F)c1C. The predicted molar refractivity (Wildman–Crippen MR) is 130 cm³/mol. The monoisotopic (exact) mass is 495 g/mol. The second-order valence-corrected chi connectivity index (χ2v) is 9.53. The summed E-state index contributed by atoms with van der Waals surface area (Å²) in [5.41, 5.74) is 4.01. The summed E-state index contributed by atoms with van der Waals surface area (Å²) in [6, 6.07) is 4.08. The summed E-state index contributed by atoms with van der Waals surface area (Å²) in [6.45, 7) is 5.94. The fourth-order valence-electron chi connectivity index (χ4n) is 4.74. The molecule has 3 aliphatic heterocycles. The van der Waals surface area contributed by atoms with E-state index in [1.165, 1.54) is 17.4 Å². The highest BCUT2D eigenvalue weighted by atomic mass is 32.1. The van der Waals surface area contributed by atoms with Gasteiger partial charge in [-0.3, -0.25) is 14.7 Å². The minimum absolute atomic E-state index is 0.0155. The molecule has 5 rings (SSSR count). The summed E-state index contributed by atoms with van der Waals surface area (Å²) in [5.74, 6) is -0.293. The minimum atomic E-state index is -0.741. The number of benzene rings is 1. The zero-order valence-corrected chi connectivity index (χ0v) is 20.4. The number of thiazole rings is 1. The summed E-state index contributed by atoms with van der Waals surface area (Å²) < 4.78 is 20.0. The van der Waals surface area contributed by atoms with Crippen molar-refractivity contribution in [3.63, 3.8) is 0 Å². The average molecular weight is 496 g/mol. The number of hydrogen-bond donors (Lipinski definition) is 2. The summed E-state index contributed by atoms with van der Waals surface area (Å²) >= 11 is 1.43. The number of nitrogens with one attached hydrogen (secondary N) is 2. The highest BCUT2D eigenvalue weighted by molar-refractivity contribution is 7.11. The van der Waals surface area contributed by atoms with Crippen molar-refractivity contribution < 1.29 is 18.7 Å². The molecule has 0 bridgehead atoms. The Morgan fingerprint density at radius 1 is 1.37 bits per heavy atom. The van der Waals surface area contributed by atoms with Gasteiger partial charge in [0.1, 0.15) is 11.9 Å². The van der Waals surface area contributed by atoms with E-state index in [0.29, 0.717) is 65.8 Å². The van der Waals surface area contributed by atoms with Crippen LogP contribution in [-0.2, 0) is 14.3 Å².